The van der Waals surface area contributed by atoms with Crippen LogP contribution in [0.25, 0.3) is 0 Å². The van der Waals surface area contributed by atoms with Crippen LogP contribution >= 0.6 is 0 Å². The molecule has 2 atom stereocenters. The minimum absolute atomic E-state index is 0.574. The molecule has 0 aromatic rings. The molecule has 1 rings (SSSR count). The summed E-state index contributed by atoms with van der Waals surface area (Å²) in [5.74, 6) is 9.14. The minimum Gasteiger partial charge on any atom is -0.306 e. The van der Waals surface area contributed by atoms with Crippen molar-refractivity contribution in [1.82, 2.24) is 9.80 Å². The van der Waals surface area contributed by atoms with Gasteiger partial charge in [0.05, 0.1) is 0 Å². The zero-order valence-corrected chi connectivity index (χ0v) is 19.2. The molecule has 0 radical (unpaired) electrons. The Balaban J connectivity index is 2.12. The third kappa shape index (κ3) is 12.5. The molecule has 1 saturated heterocycles. The topological polar surface area (TPSA) is 6.48 Å². The predicted octanol–water partition coefficient (Wildman–Crippen LogP) is 6.07. The number of hydrogen-bond donors (Lipinski definition) is 0. The van der Waals surface area contributed by atoms with Crippen molar-refractivity contribution in [3.05, 3.63) is 0 Å². The van der Waals surface area contributed by atoms with Gasteiger partial charge in [0.25, 0.3) is 0 Å². The largest absolute Gasteiger partial charge is 0.306 e. The first kappa shape index (κ1) is 24.5. The number of nitrogens with zero attached hydrogens (tertiary/aromatic N) is 2. The highest BCUT2D eigenvalue weighted by Crippen LogP contribution is 2.19. The van der Waals surface area contributed by atoms with Crippen molar-refractivity contribution in [2.24, 2.45) is 17.8 Å². The Bertz CT molecular complexity index is 400. The fourth-order valence-electron chi connectivity index (χ4n) is 4.42. The van der Waals surface area contributed by atoms with Gasteiger partial charge in [0, 0.05) is 32.0 Å². The molecular formula is C25H48N2. The average molecular weight is 377 g/mol. The van der Waals surface area contributed by atoms with Crippen LogP contribution in [0.1, 0.15) is 91.9 Å². The number of likely N-dealkylation sites (tertiary alicyclic amines) is 1. The second-order valence-corrected chi connectivity index (χ2v) is 9.22. The first-order valence-corrected chi connectivity index (χ1v) is 11.9. The average Bonchev–Trinajstić information content (AvgIpc) is 2.64. The number of rotatable bonds is 13. The summed E-state index contributed by atoms with van der Waals surface area (Å²) < 4.78 is 0. The van der Waals surface area contributed by atoms with E-state index in [4.69, 9.17) is 0 Å². The summed E-state index contributed by atoms with van der Waals surface area (Å²) in [4.78, 5) is 5.23. The van der Waals surface area contributed by atoms with Crippen LogP contribution in [0.4, 0.5) is 0 Å². The highest BCUT2D eigenvalue weighted by molar-refractivity contribution is 5.02. The van der Waals surface area contributed by atoms with Crippen LogP contribution < -0.4 is 0 Å². The van der Waals surface area contributed by atoms with E-state index in [2.05, 4.69) is 56.4 Å². The molecule has 0 aromatic carbocycles. The Hall–Kier alpha value is -0.520. The van der Waals surface area contributed by atoms with Crippen molar-refractivity contribution in [3.8, 4) is 11.8 Å². The molecule has 1 aliphatic heterocycles. The quantitative estimate of drug-likeness (QED) is 0.284. The predicted molar refractivity (Wildman–Crippen MR) is 121 cm³/mol. The first-order chi connectivity index (χ1) is 13.0. The molecule has 0 amide bonds. The summed E-state index contributed by atoms with van der Waals surface area (Å²) >= 11 is 0. The third-order valence-corrected chi connectivity index (χ3v) is 6.07. The van der Waals surface area contributed by atoms with Crippen LogP contribution in [-0.4, -0.2) is 49.6 Å². The molecule has 0 spiro atoms. The monoisotopic (exact) mass is 376 g/mol. The molecule has 1 heterocycles. The molecule has 0 saturated carbocycles. The molecular weight excluding hydrogens is 328 g/mol. The van der Waals surface area contributed by atoms with Crippen LogP contribution in [0.5, 0.6) is 0 Å². The highest BCUT2D eigenvalue weighted by Gasteiger charge is 2.20. The van der Waals surface area contributed by atoms with Crippen LogP contribution in [0, 0.1) is 29.6 Å². The van der Waals surface area contributed by atoms with E-state index in [1.165, 1.54) is 90.5 Å². The smallest absolute Gasteiger partial charge is 0.0217 e. The number of unbranched alkanes of at least 4 members (excludes halogenated alkanes) is 3. The zero-order valence-electron chi connectivity index (χ0n) is 19.2. The van der Waals surface area contributed by atoms with Crippen LogP contribution in [-0.2, 0) is 0 Å². The van der Waals surface area contributed by atoms with E-state index in [0.717, 1.165) is 18.3 Å². The lowest BCUT2D eigenvalue weighted by atomic mass is 9.95. The summed E-state index contributed by atoms with van der Waals surface area (Å²) in [6.45, 7) is 15.5. The minimum atomic E-state index is 0.574. The van der Waals surface area contributed by atoms with Crippen molar-refractivity contribution in [1.29, 1.82) is 0 Å². The molecule has 1 fully saturated rings. The fourth-order valence-corrected chi connectivity index (χ4v) is 4.42. The molecule has 27 heavy (non-hydrogen) atoms. The molecule has 2 unspecified atom stereocenters. The van der Waals surface area contributed by atoms with Gasteiger partial charge in [0.1, 0.15) is 0 Å². The van der Waals surface area contributed by atoms with Gasteiger partial charge in [-0.25, -0.2) is 0 Å². The second kappa shape index (κ2) is 15.4. The van der Waals surface area contributed by atoms with E-state index < -0.39 is 0 Å². The molecule has 158 valence electrons. The number of hydrogen-bond acceptors (Lipinski definition) is 2. The van der Waals surface area contributed by atoms with Crippen molar-refractivity contribution in [2.75, 3.05) is 39.8 Å². The Labute approximate surface area is 171 Å². The second-order valence-electron chi connectivity index (χ2n) is 9.22. The lowest BCUT2D eigenvalue weighted by Crippen LogP contribution is -2.39. The van der Waals surface area contributed by atoms with E-state index in [1.54, 1.807) is 0 Å². The maximum atomic E-state index is 3.41. The Morgan fingerprint density at radius 2 is 1.74 bits per heavy atom. The van der Waals surface area contributed by atoms with Gasteiger partial charge in [-0.2, -0.15) is 0 Å². The Morgan fingerprint density at radius 3 is 2.41 bits per heavy atom. The molecule has 0 N–H and O–H groups in total. The van der Waals surface area contributed by atoms with Crippen molar-refractivity contribution < 1.29 is 0 Å². The highest BCUT2D eigenvalue weighted by atomic mass is 15.1. The van der Waals surface area contributed by atoms with E-state index in [1.807, 2.05) is 0 Å². The van der Waals surface area contributed by atoms with Crippen LogP contribution in [0.3, 0.4) is 0 Å². The maximum absolute atomic E-state index is 3.41. The normalized spacial score (nSPS) is 18.3. The van der Waals surface area contributed by atoms with E-state index >= 15 is 0 Å². The van der Waals surface area contributed by atoms with E-state index in [0.29, 0.717) is 5.92 Å². The summed E-state index contributed by atoms with van der Waals surface area (Å²) in [6, 6.07) is 0. The SMILES string of the molecule is CCCCCCC(C)CN(C)CC1CCN(CCC#CC(C)CCC)CC1. The summed E-state index contributed by atoms with van der Waals surface area (Å²) in [6.07, 6.45) is 13.3. The Kier molecular flexibility index (Phi) is 14.0. The molecule has 2 nitrogen and oxygen atoms in total. The maximum Gasteiger partial charge on any atom is 0.0217 e. The van der Waals surface area contributed by atoms with Crippen molar-refractivity contribution in [3.63, 3.8) is 0 Å². The van der Waals surface area contributed by atoms with Gasteiger partial charge >= 0.3 is 0 Å². The van der Waals surface area contributed by atoms with E-state index in [9.17, 15) is 0 Å². The number of piperidine rings is 1. The third-order valence-electron chi connectivity index (χ3n) is 6.07. The van der Waals surface area contributed by atoms with Gasteiger partial charge in [-0.3, -0.25) is 0 Å². The van der Waals surface area contributed by atoms with Gasteiger partial charge in [0.15, 0.2) is 0 Å². The molecule has 0 aromatic heterocycles. The summed E-state index contributed by atoms with van der Waals surface area (Å²) in [5, 5.41) is 0. The molecule has 0 aliphatic carbocycles. The first-order valence-electron chi connectivity index (χ1n) is 11.9. The standard InChI is InChI=1S/C25H48N2/c1-6-8-9-10-15-24(4)21-26(5)22-25-16-19-27(20-17-25)18-12-11-14-23(3)13-7-2/h23-25H,6-10,12-13,15-22H2,1-5H3. The van der Waals surface area contributed by atoms with E-state index in [-0.39, 0.29) is 0 Å². The molecule has 2 heteroatoms. The van der Waals surface area contributed by atoms with Crippen LogP contribution in [0.2, 0.25) is 0 Å². The van der Waals surface area contributed by atoms with Gasteiger partial charge in [-0.05, 0) is 57.7 Å². The van der Waals surface area contributed by atoms with Crippen molar-refractivity contribution >= 4 is 0 Å². The van der Waals surface area contributed by atoms with Crippen LogP contribution in [0.15, 0.2) is 0 Å². The molecule has 0 bridgehead atoms. The lowest BCUT2D eigenvalue weighted by molar-refractivity contribution is 0.149. The summed E-state index contributed by atoms with van der Waals surface area (Å²) in [5.41, 5.74) is 0. The van der Waals surface area contributed by atoms with Crippen molar-refractivity contribution in [2.45, 2.75) is 91.9 Å². The van der Waals surface area contributed by atoms with Gasteiger partial charge < -0.3 is 9.80 Å². The van der Waals surface area contributed by atoms with Gasteiger partial charge in [-0.15, -0.1) is 11.8 Å². The van der Waals surface area contributed by atoms with Gasteiger partial charge in [0.2, 0.25) is 0 Å². The Morgan fingerprint density at radius 1 is 1.00 bits per heavy atom. The lowest BCUT2D eigenvalue weighted by Gasteiger charge is -2.34. The molecule has 1 aliphatic rings. The fraction of sp³-hybridized carbons (Fsp3) is 0.920. The summed E-state index contributed by atoms with van der Waals surface area (Å²) in [7, 11) is 2.34. The zero-order chi connectivity index (χ0) is 19.9. The van der Waals surface area contributed by atoms with Gasteiger partial charge in [-0.1, -0.05) is 59.8 Å².